The molecule has 7 nitrogen and oxygen atoms in total. The van der Waals surface area contributed by atoms with Crippen LogP contribution in [0.5, 0.6) is 5.75 Å². The van der Waals surface area contributed by atoms with Crippen LogP contribution in [0.2, 0.25) is 0 Å². The first kappa shape index (κ1) is 27.4. The molecule has 0 bridgehead atoms. The molecule has 3 aromatic rings. The Morgan fingerprint density at radius 2 is 1.76 bits per heavy atom. The number of nitrogens with one attached hydrogen (secondary N) is 3. The highest BCUT2D eigenvalue weighted by Crippen LogP contribution is 2.20. The third-order valence-electron chi connectivity index (χ3n) is 4.96. The van der Waals surface area contributed by atoms with E-state index in [9.17, 15) is 4.79 Å². The molecule has 0 atom stereocenters. The first-order valence-corrected chi connectivity index (χ1v) is 11.1. The van der Waals surface area contributed by atoms with E-state index in [1.54, 1.807) is 7.05 Å². The Bertz CT molecular complexity index is 1090. The highest BCUT2D eigenvalue weighted by atomic mass is 127. The fraction of sp³-hybridized carbons (Fsp3) is 0.308. The molecule has 8 heteroatoms. The normalized spacial score (nSPS) is 11.1. The molecular formula is C26H34IN5O2. The van der Waals surface area contributed by atoms with Gasteiger partial charge in [0, 0.05) is 25.8 Å². The summed E-state index contributed by atoms with van der Waals surface area (Å²) >= 11 is 0. The van der Waals surface area contributed by atoms with E-state index in [0.717, 1.165) is 35.9 Å². The summed E-state index contributed by atoms with van der Waals surface area (Å²) in [5.74, 6) is 1.57. The van der Waals surface area contributed by atoms with Crippen LogP contribution in [0.25, 0.3) is 10.8 Å². The maximum atomic E-state index is 12.0. The van der Waals surface area contributed by atoms with Crippen molar-refractivity contribution in [3.8, 4) is 5.75 Å². The van der Waals surface area contributed by atoms with Crippen LogP contribution in [0.4, 0.5) is 5.69 Å². The van der Waals surface area contributed by atoms with E-state index >= 15 is 0 Å². The van der Waals surface area contributed by atoms with Crippen LogP contribution in [-0.2, 0) is 11.3 Å². The minimum absolute atomic E-state index is 0. The number of amides is 1. The number of guanidine groups is 1. The Labute approximate surface area is 219 Å². The molecule has 0 saturated heterocycles. The minimum Gasteiger partial charge on any atom is -0.494 e. The van der Waals surface area contributed by atoms with Gasteiger partial charge in [-0.15, -0.1) is 24.0 Å². The number of ether oxygens (including phenoxy) is 1. The summed E-state index contributed by atoms with van der Waals surface area (Å²) in [7, 11) is 5.49. The summed E-state index contributed by atoms with van der Waals surface area (Å²) in [6.45, 7) is 2.32. The maximum absolute atomic E-state index is 12.0. The number of carbonyl (C=O) groups is 1. The van der Waals surface area contributed by atoms with E-state index < -0.39 is 0 Å². The van der Waals surface area contributed by atoms with Crippen LogP contribution in [0.3, 0.4) is 0 Å². The molecule has 0 spiro atoms. The van der Waals surface area contributed by atoms with Crippen molar-refractivity contribution in [2.45, 2.75) is 13.0 Å². The van der Waals surface area contributed by atoms with Gasteiger partial charge in [-0.25, -0.2) is 0 Å². The predicted octanol–water partition coefficient (Wildman–Crippen LogP) is 4.09. The first-order valence-electron chi connectivity index (χ1n) is 11.1. The van der Waals surface area contributed by atoms with Gasteiger partial charge in [-0.3, -0.25) is 9.79 Å². The average Bonchev–Trinajstić information content (AvgIpc) is 2.80. The minimum atomic E-state index is -0.0338. The summed E-state index contributed by atoms with van der Waals surface area (Å²) in [6, 6.07) is 22.2. The van der Waals surface area contributed by atoms with Gasteiger partial charge in [0.2, 0.25) is 5.91 Å². The summed E-state index contributed by atoms with van der Waals surface area (Å²) in [5.41, 5.74) is 1.84. The van der Waals surface area contributed by atoms with E-state index in [2.05, 4.69) is 45.2 Å². The van der Waals surface area contributed by atoms with Gasteiger partial charge in [-0.05, 0) is 61.1 Å². The second kappa shape index (κ2) is 14.4. The van der Waals surface area contributed by atoms with Gasteiger partial charge < -0.3 is 25.6 Å². The van der Waals surface area contributed by atoms with Gasteiger partial charge in [-0.2, -0.15) is 0 Å². The zero-order chi connectivity index (χ0) is 23.5. The number of aliphatic imine (C=N–C) groups is 1. The second-order valence-electron chi connectivity index (χ2n) is 8.05. The molecule has 0 heterocycles. The third kappa shape index (κ3) is 9.18. The molecule has 0 aliphatic rings. The Morgan fingerprint density at radius 3 is 2.53 bits per heavy atom. The smallest absolute Gasteiger partial charge is 0.238 e. The molecule has 0 fully saturated rings. The molecule has 3 N–H and O–H groups in total. The number of hydrogen-bond donors (Lipinski definition) is 3. The van der Waals surface area contributed by atoms with Gasteiger partial charge in [0.1, 0.15) is 5.75 Å². The Kier molecular flexibility index (Phi) is 11.6. The zero-order valence-electron chi connectivity index (χ0n) is 20.0. The van der Waals surface area contributed by atoms with Gasteiger partial charge in [0.05, 0.1) is 13.2 Å². The number of fused-ring (bicyclic) bond motifs is 1. The zero-order valence-corrected chi connectivity index (χ0v) is 22.3. The molecule has 0 saturated carbocycles. The van der Waals surface area contributed by atoms with Crippen LogP contribution in [0, 0.1) is 0 Å². The predicted molar refractivity (Wildman–Crippen MR) is 151 cm³/mol. The Morgan fingerprint density at radius 1 is 0.971 bits per heavy atom. The molecular weight excluding hydrogens is 541 g/mol. The van der Waals surface area contributed by atoms with Crippen LogP contribution in [0.1, 0.15) is 12.0 Å². The topological polar surface area (TPSA) is 78.0 Å². The van der Waals surface area contributed by atoms with Crippen molar-refractivity contribution in [2.75, 3.05) is 46.2 Å². The maximum Gasteiger partial charge on any atom is 0.238 e. The van der Waals surface area contributed by atoms with Crippen molar-refractivity contribution < 1.29 is 9.53 Å². The monoisotopic (exact) mass is 575 g/mol. The van der Waals surface area contributed by atoms with Gasteiger partial charge in [0.15, 0.2) is 5.96 Å². The first-order chi connectivity index (χ1) is 16.0. The molecule has 0 unspecified atom stereocenters. The highest BCUT2D eigenvalue weighted by molar-refractivity contribution is 14.0. The number of benzene rings is 3. The molecule has 1 amide bonds. The number of likely N-dealkylation sites (N-methyl/N-ethyl adjacent to an activating group) is 1. The average molecular weight is 575 g/mol. The summed E-state index contributed by atoms with van der Waals surface area (Å²) in [5, 5.41) is 11.9. The van der Waals surface area contributed by atoms with Crippen molar-refractivity contribution in [2.24, 2.45) is 4.99 Å². The second-order valence-corrected chi connectivity index (χ2v) is 8.05. The fourth-order valence-corrected chi connectivity index (χ4v) is 3.38. The van der Waals surface area contributed by atoms with E-state index in [1.807, 2.05) is 61.5 Å². The van der Waals surface area contributed by atoms with Crippen molar-refractivity contribution in [1.82, 2.24) is 15.5 Å². The van der Waals surface area contributed by atoms with E-state index in [0.29, 0.717) is 19.7 Å². The van der Waals surface area contributed by atoms with Crippen LogP contribution >= 0.6 is 24.0 Å². The SMILES string of the molecule is CN=C(NCCCOc1ccc2ccccc2c1)NCc1cccc(NC(=O)CN(C)C)c1.I. The van der Waals surface area contributed by atoms with Crippen LogP contribution < -0.4 is 20.7 Å². The van der Waals surface area contributed by atoms with Crippen molar-refractivity contribution in [3.63, 3.8) is 0 Å². The van der Waals surface area contributed by atoms with Crippen LogP contribution in [-0.4, -0.2) is 57.6 Å². The molecule has 0 aromatic heterocycles. The molecule has 0 radical (unpaired) electrons. The molecule has 0 aliphatic heterocycles. The van der Waals surface area contributed by atoms with Gasteiger partial charge in [0.25, 0.3) is 0 Å². The lowest BCUT2D eigenvalue weighted by molar-refractivity contribution is -0.116. The Balaban J connectivity index is 0.00000408. The van der Waals surface area contributed by atoms with Crippen LogP contribution in [0.15, 0.2) is 71.7 Å². The number of rotatable bonds is 10. The molecule has 182 valence electrons. The number of hydrogen-bond acceptors (Lipinski definition) is 4. The van der Waals surface area contributed by atoms with Gasteiger partial charge >= 0.3 is 0 Å². The van der Waals surface area contributed by atoms with Crippen molar-refractivity contribution in [1.29, 1.82) is 0 Å². The summed E-state index contributed by atoms with van der Waals surface area (Å²) in [6.07, 6.45) is 0.848. The summed E-state index contributed by atoms with van der Waals surface area (Å²) in [4.78, 5) is 18.1. The molecule has 0 aliphatic carbocycles. The number of carbonyl (C=O) groups excluding carboxylic acids is 1. The lowest BCUT2D eigenvalue weighted by Crippen LogP contribution is -2.37. The van der Waals surface area contributed by atoms with Crippen molar-refractivity contribution >= 4 is 52.3 Å². The molecule has 3 rings (SSSR count). The van der Waals surface area contributed by atoms with Crippen molar-refractivity contribution in [3.05, 3.63) is 72.3 Å². The van der Waals surface area contributed by atoms with E-state index in [4.69, 9.17) is 4.74 Å². The number of anilines is 1. The number of halogens is 1. The standard InChI is InChI=1S/C26H33N5O2.HI/c1-27-26(29-18-20-8-6-11-23(16-20)30-25(32)19-31(2)3)28-14-7-15-33-24-13-12-21-9-4-5-10-22(21)17-24;/h4-6,8-13,16-17H,7,14-15,18-19H2,1-3H3,(H,30,32)(H2,27,28,29);1H. The summed E-state index contributed by atoms with van der Waals surface area (Å²) < 4.78 is 5.89. The molecule has 3 aromatic carbocycles. The van der Waals surface area contributed by atoms with E-state index in [1.165, 1.54) is 10.8 Å². The third-order valence-corrected chi connectivity index (χ3v) is 4.96. The van der Waals surface area contributed by atoms with Gasteiger partial charge in [-0.1, -0.05) is 42.5 Å². The lowest BCUT2D eigenvalue weighted by Gasteiger charge is -2.14. The highest BCUT2D eigenvalue weighted by Gasteiger charge is 2.05. The fourth-order valence-electron chi connectivity index (χ4n) is 3.38. The molecule has 34 heavy (non-hydrogen) atoms. The quantitative estimate of drug-likeness (QED) is 0.147. The van der Waals surface area contributed by atoms with E-state index in [-0.39, 0.29) is 29.9 Å². The lowest BCUT2D eigenvalue weighted by atomic mass is 10.1. The largest absolute Gasteiger partial charge is 0.494 e. The Hall–Kier alpha value is -2.85. The number of nitrogens with zero attached hydrogens (tertiary/aromatic N) is 2.